The molecule has 13 heavy (non-hydrogen) atoms. The zero-order valence-corrected chi connectivity index (χ0v) is 7.90. The summed E-state index contributed by atoms with van der Waals surface area (Å²) in [5.41, 5.74) is 1.34. The van der Waals surface area contributed by atoms with E-state index in [1.165, 1.54) is 11.4 Å². The van der Waals surface area contributed by atoms with E-state index in [-0.39, 0.29) is 0 Å². The summed E-state index contributed by atoms with van der Waals surface area (Å²) >= 11 is 0. The topological polar surface area (TPSA) is 15.6 Å². The van der Waals surface area contributed by atoms with Gasteiger partial charge in [0.1, 0.15) is 5.84 Å². The Hall–Kier alpha value is -1.31. The second-order valence-electron chi connectivity index (χ2n) is 3.38. The molecule has 1 aliphatic heterocycles. The molecule has 0 aliphatic carbocycles. The Labute approximate surface area is 78.9 Å². The van der Waals surface area contributed by atoms with E-state index in [2.05, 4.69) is 41.2 Å². The third-order valence-corrected chi connectivity index (χ3v) is 2.38. The van der Waals surface area contributed by atoms with Gasteiger partial charge in [-0.3, -0.25) is 4.99 Å². The van der Waals surface area contributed by atoms with Gasteiger partial charge in [0.05, 0.1) is 6.54 Å². The van der Waals surface area contributed by atoms with E-state index in [4.69, 9.17) is 0 Å². The lowest BCUT2D eigenvalue weighted by Gasteiger charge is -2.13. The average Bonchev–Trinajstić information content (AvgIpc) is 2.54. The van der Waals surface area contributed by atoms with E-state index in [0.717, 1.165) is 19.5 Å². The molecule has 1 aliphatic rings. The van der Waals surface area contributed by atoms with Crippen LogP contribution < -0.4 is 0 Å². The summed E-state index contributed by atoms with van der Waals surface area (Å²) in [5.74, 6) is 1.21. The number of hydrogen-bond acceptors (Lipinski definition) is 2. The number of rotatable bonds is 2. The third kappa shape index (κ3) is 1.89. The summed E-state index contributed by atoms with van der Waals surface area (Å²) in [6.07, 6.45) is 0.970. The van der Waals surface area contributed by atoms with Gasteiger partial charge < -0.3 is 4.90 Å². The van der Waals surface area contributed by atoms with Crippen molar-refractivity contribution in [3.8, 4) is 0 Å². The molecule has 0 bridgehead atoms. The highest BCUT2D eigenvalue weighted by molar-refractivity contribution is 5.85. The molecule has 2 rings (SSSR count). The number of benzene rings is 1. The number of hydrogen-bond donors (Lipinski definition) is 0. The molecule has 0 saturated carbocycles. The van der Waals surface area contributed by atoms with Crippen LogP contribution >= 0.6 is 0 Å². The second-order valence-corrected chi connectivity index (χ2v) is 3.38. The van der Waals surface area contributed by atoms with Crippen LogP contribution in [0, 0.1) is 0 Å². The van der Waals surface area contributed by atoms with Crippen molar-refractivity contribution in [1.82, 2.24) is 4.90 Å². The van der Waals surface area contributed by atoms with Gasteiger partial charge in [-0.1, -0.05) is 30.3 Å². The largest absolute Gasteiger partial charge is 0.361 e. The van der Waals surface area contributed by atoms with Crippen molar-refractivity contribution < 1.29 is 0 Å². The predicted octanol–water partition coefficient (Wildman–Crippen LogP) is 1.57. The molecule has 1 heterocycles. The minimum absolute atomic E-state index is 0.957. The molecule has 0 N–H and O–H groups in total. The molecule has 0 saturated heterocycles. The van der Waals surface area contributed by atoms with Crippen molar-refractivity contribution in [2.45, 2.75) is 6.42 Å². The van der Waals surface area contributed by atoms with Gasteiger partial charge in [0.2, 0.25) is 0 Å². The fourth-order valence-electron chi connectivity index (χ4n) is 1.55. The van der Waals surface area contributed by atoms with Crippen LogP contribution in [0.25, 0.3) is 0 Å². The second kappa shape index (κ2) is 3.60. The first kappa shape index (κ1) is 8.30. The van der Waals surface area contributed by atoms with Crippen LogP contribution in [-0.4, -0.2) is 30.9 Å². The standard InChI is InChI=1S/C11H14N2/c1-13-8-7-12-11(13)9-10-5-3-2-4-6-10/h2-6H,7-9H2,1H3. The molecule has 0 radical (unpaired) electrons. The van der Waals surface area contributed by atoms with Crippen molar-refractivity contribution in [2.24, 2.45) is 4.99 Å². The van der Waals surface area contributed by atoms with Crippen molar-refractivity contribution >= 4 is 5.84 Å². The van der Waals surface area contributed by atoms with E-state index in [1.54, 1.807) is 0 Å². The SMILES string of the molecule is CN1CCN=C1Cc1ccccc1. The molecule has 68 valence electrons. The van der Waals surface area contributed by atoms with Gasteiger partial charge in [0.15, 0.2) is 0 Å². The van der Waals surface area contributed by atoms with Crippen LogP contribution in [0.15, 0.2) is 35.3 Å². The lowest BCUT2D eigenvalue weighted by molar-refractivity contribution is 0.548. The molecule has 0 aromatic heterocycles. The lowest BCUT2D eigenvalue weighted by atomic mass is 10.1. The predicted molar refractivity (Wildman–Crippen MR) is 55.1 cm³/mol. The van der Waals surface area contributed by atoms with Crippen molar-refractivity contribution in [2.75, 3.05) is 20.1 Å². The average molecular weight is 174 g/mol. The first-order valence-corrected chi connectivity index (χ1v) is 4.64. The molecule has 0 amide bonds. The van der Waals surface area contributed by atoms with E-state index in [0.29, 0.717) is 0 Å². The monoisotopic (exact) mass is 174 g/mol. The van der Waals surface area contributed by atoms with Crippen LogP contribution in [0.5, 0.6) is 0 Å². The fraction of sp³-hybridized carbons (Fsp3) is 0.364. The smallest absolute Gasteiger partial charge is 0.103 e. The zero-order chi connectivity index (χ0) is 9.10. The summed E-state index contributed by atoms with van der Waals surface area (Å²) in [5, 5.41) is 0. The summed E-state index contributed by atoms with van der Waals surface area (Å²) in [4.78, 5) is 6.68. The van der Waals surface area contributed by atoms with E-state index >= 15 is 0 Å². The minimum Gasteiger partial charge on any atom is -0.361 e. The van der Waals surface area contributed by atoms with Crippen molar-refractivity contribution in [3.63, 3.8) is 0 Å². The zero-order valence-electron chi connectivity index (χ0n) is 7.90. The van der Waals surface area contributed by atoms with Gasteiger partial charge in [0, 0.05) is 20.0 Å². The Morgan fingerprint density at radius 1 is 1.31 bits per heavy atom. The molecule has 2 heteroatoms. The number of aliphatic imine (C=N–C) groups is 1. The Bertz CT molecular complexity index is 303. The maximum Gasteiger partial charge on any atom is 0.103 e. The lowest BCUT2D eigenvalue weighted by Crippen LogP contribution is -2.24. The molecule has 0 unspecified atom stereocenters. The molecular weight excluding hydrogens is 160 g/mol. The molecule has 1 aromatic rings. The Kier molecular flexibility index (Phi) is 2.30. The number of likely N-dealkylation sites (N-methyl/N-ethyl adjacent to an activating group) is 1. The van der Waals surface area contributed by atoms with Gasteiger partial charge in [0.25, 0.3) is 0 Å². The highest BCUT2D eigenvalue weighted by atomic mass is 15.2. The highest BCUT2D eigenvalue weighted by Crippen LogP contribution is 2.06. The van der Waals surface area contributed by atoms with E-state index in [9.17, 15) is 0 Å². The third-order valence-electron chi connectivity index (χ3n) is 2.38. The normalized spacial score (nSPS) is 16.1. The molecule has 1 aromatic carbocycles. The molecule has 0 spiro atoms. The Morgan fingerprint density at radius 2 is 2.08 bits per heavy atom. The first-order chi connectivity index (χ1) is 6.36. The summed E-state index contributed by atoms with van der Waals surface area (Å²) in [6, 6.07) is 10.5. The van der Waals surface area contributed by atoms with Gasteiger partial charge >= 0.3 is 0 Å². The fourth-order valence-corrected chi connectivity index (χ4v) is 1.55. The molecular formula is C11H14N2. The van der Waals surface area contributed by atoms with E-state index in [1.807, 2.05) is 6.07 Å². The van der Waals surface area contributed by atoms with E-state index < -0.39 is 0 Å². The molecule has 2 nitrogen and oxygen atoms in total. The van der Waals surface area contributed by atoms with Gasteiger partial charge in [-0.15, -0.1) is 0 Å². The van der Waals surface area contributed by atoms with Crippen molar-refractivity contribution in [1.29, 1.82) is 0 Å². The van der Waals surface area contributed by atoms with Crippen LogP contribution in [0.2, 0.25) is 0 Å². The Morgan fingerprint density at radius 3 is 2.69 bits per heavy atom. The summed E-state index contributed by atoms with van der Waals surface area (Å²) in [6.45, 7) is 2.03. The summed E-state index contributed by atoms with van der Waals surface area (Å²) in [7, 11) is 2.11. The maximum atomic E-state index is 4.45. The van der Waals surface area contributed by atoms with Crippen LogP contribution in [0.3, 0.4) is 0 Å². The first-order valence-electron chi connectivity index (χ1n) is 4.64. The summed E-state index contributed by atoms with van der Waals surface area (Å²) < 4.78 is 0. The quantitative estimate of drug-likeness (QED) is 0.664. The van der Waals surface area contributed by atoms with Crippen LogP contribution in [0.4, 0.5) is 0 Å². The van der Waals surface area contributed by atoms with Crippen LogP contribution in [-0.2, 0) is 6.42 Å². The van der Waals surface area contributed by atoms with Crippen LogP contribution in [0.1, 0.15) is 5.56 Å². The Balaban J connectivity index is 2.06. The van der Waals surface area contributed by atoms with Crippen molar-refractivity contribution in [3.05, 3.63) is 35.9 Å². The molecule has 0 fully saturated rings. The van der Waals surface area contributed by atoms with Gasteiger partial charge in [-0.2, -0.15) is 0 Å². The minimum atomic E-state index is 0.957. The maximum absolute atomic E-state index is 4.45. The number of nitrogens with zero attached hydrogens (tertiary/aromatic N) is 2. The molecule has 0 atom stereocenters. The van der Waals surface area contributed by atoms with Gasteiger partial charge in [-0.05, 0) is 5.56 Å². The van der Waals surface area contributed by atoms with Gasteiger partial charge in [-0.25, -0.2) is 0 Å². The number of amidine groups is 1. The highest BCUT2D eigenvalue weighted by Gasteiger charge is 2.11.